The van der Waals surface area contributed by atoms with E-state index in [0.29, 0.717) is 5.92 Å². The molecule has 0 bridgehead atoms. The number of rotatable bonds is 3. The van der Waals surface area contributed by atoms with E-state index < -0.39 is 0 Å². The lowest BCUT2D eigenvalue weighted by atomic mass is 10.4. The van der Waals surface area contributed by atoms with Crippen LogP contribution in [0.15, 0.2) is 38.0 Å². The van der Waals surface area contributed by atoms with Crippen molar-refractivity contribution < 1.29 is 0 Å². The van der Waals surface area contributed by atoms with Crippen molar-refractivity contribution >= 4 is 39.2 Å². The van der Waals surface area contributed by atoms with E-state index in [1.54, 1.807) is 11.8 Å². The molecule has 1 heterocycles. The summed E-state index contributed by atoms with van der Waals surface area (Å²) in [6, 6.07) is 8.19. The highest BCUT2D eigenvalue weighted by molar-refractivity contribution is 9.10. The fraction of sp³-hybridized carbons (Fsp3) is 0.273. The average Bonchev–Trinajstić information content (AvgIpc) is 3.03. The van der Waals surface area contributed by atoms with Crippen LogP contribution < -0.4 is 0 Å². The minimum absolute atomic E-state index is 0.643. The zero-order valence-corrected chi connectivity index (χ0v) is 11.6. The van der Waals surface area contributed by atoms with Crippen LogP contribution in [0.4, 0.5) is 0 Å². The minimum atomic E-state index is 0.643. The van der Waals surface area contributed by atoms with Crippen LogP contribution >= 0.6 is 39.2 Å². The summed E-state index contributed by atoms with van der Waals surface area (Å²) in [5, 5.41) is 0. The van der Waals surface area contributed by atoms with Gasteiger partial charge in [-0.3, -0.25) is 0 Å². The van der Waals surface area contributed by atoms with Crippen molar-refractivity contribution in [1.29, 1.82) is 0 Å². The van der Waals surface area contributed by atoms with Gasteiger partial charge >= 0.3 is 0 Å². The molecule has 0 atom stereocenters. The second kappa shape index (κ2) is 4.47. The summed E-state index contributed by atoms with van der Waals surface area (Å²) in [6.07, 6.45) is 2.52. The zero-order chi connectivity index (χ0) is 11.0. The SMILES string of the molecule is Brc1ccccc1Sc1nc(C2CC2)ns1. The van der Waals surface area contributed by atoms with Crippen LogP contribution in [0.1, 0.15) is 24.6 Å². The lowest BCUT2D eigenvalue weighted by molar-refractivity contribution is 0.958. The Kier molecular flexibility index (Phi) is 3.00. The fourth-order valence-corrected chi connectivity index (χ4v) is 3.58. The van der Waals surface area contributed by atoms with Crippen LogP contribution in [-0.4, -0.2) is 9.36 Å². The van der Waals surface area contributed by atoms with Gasteiger partial charge in [0.05, 0.1) is 0 Å². The number of benzene rings is 1. The van der Waals surface area contributed by atoms with Gasteiger partial charge in [-0.2, -0.15) is 4.37 Å². The van der Waals surface area contributed by atoms with Crippen molar-refractivity contribution in [3.8, 4) is 0 Å². The van der Waals surface area contributed by atoms with E-state index in [2.05, 4.69) is 31.4 Å². The lowest BCUT2D eigenvalue weighted by Crippen LogP contribution is -1.81. The molecule has 16 heavy (non-hydrogen) atoms. The van der Waals surface area contributed by atoms with Gasteiger partial charge in [0.15, 0.2) is 4.34 Å². The first-order valence-corrected chi connectivity index (χ1v) is 7.47. The summed E-state index contributed by atoms with van der Waals surface area (Å²) < 4.78 is 6.55. The summed E-state index contributed by atoms with van der Waals surface area (Å²) >= 11 is 6.72. The quantitative estimate of drug-likeness (QED) is 0.843. The molecule has 0 amide bonds. The Labute approximate surface area is 111 Å². The van der Waals surface area contributed by atoms with E-state index in [4.69, 9.17) is 0 Å². The van der Waals surface area contributed by atoms with Crippen LogP contribution in [0, 0.1) is 0 Å². The molecule has 0 aliphatic heterocycles. The normalized spacial score (nSPS) is 15.3. The van der Waals surface area contributed by atoms with Crippen molar-refractivity contribution in [3.05, 3.63) is 34.6 Å². The summed E-state index contributed by atoms with van der Waals surface area (Å²) in [5.41, 5.74) is 0. The van der Waals surface area contributed by atoms with E-state index in [9.17, 15) is 0 Å². The number of hydrogen-bond donors (Lipinski definition) is 0. The second-order valence-corrected chi connectivity index (χ2v) is 6.62. The fourth-order valence-electron chi connectivity index (χ4n) is 1.39. The first-order chi connectivity index (χ1) is 7.83. The Balaban J connectivity index is 1.80. The molecule has 0 N–H and O–H groups in total. The summed E-state index contributed by atoms with van der Waals surface area (Å²) in [7, 11) is 0. The van der Waals surface area contributed by atoms with Crippen LogP contribution in [0.25, 0.3) is 0 Å². The van der Waals surface area contributed by atoms with Gasteiger partial charge in [0, 0.05) is 15.3 Å². The predicted octanol–water partition coefficient (Wildman–Crippen LogP) is 4.33. The molecule has 0 radical (unpaired) electrons. The molecule has 2 aromatic rings. The van der Waals surface area contributed by atoms with E-state index >= 15 is 0 Å². The first-order valence-electron chi connectivity index (χ1n) is 5.09. The lowest BCUT2D eigenvalue weighted by Gasteiger charge is -1.99. The van der Waals surface area contributed by atoms with Gasteiger partial charge in [-0.05, 0) is 52.4 Å². The number of aromatic nitrogens is 2. The van der Waals surface area contributed by atoms with E-state index in [0.717, 1.165) is 14.6 Å². The van der Waals surface area contributed by atoms with E-state index in [1.165, 1.54) is 29.3 Å². The molecule has 0 unspecified atom stereocenters. The first kappa shape index (κ1) is 10.7. The van der Waals surface area contributed by atoms with E-state index in [1.807, 2.05) is 18.2 Å². The minimum Gasteiger partial charge on any atom is -0.212 e. The van der Waals surface area contributed by atoms with Gasteiger partial charge in [0.25, 0.3) is 0 Å². The zero-order valence-electron chi connectivity index (χ0n) is 8.39. The Morgan fingerprint density at radius 1 is 1.31 bits per heavy atom. The average molecular weight is 313 g/mol. The standard InChI is InChI=1S/C11H9BrN2S2/c12-8-3-1-2-4-9(8)15-11-13-10(14-16-11)7-5-6-7/h1-4,7H,5-6H2. The van der Waals surface area contributed by atoms with Crippen LogP contribution in [0.5, 0.6) is 0 Å². The Morgan fingerprint density at radius 3 is 2.88 bits per heavy atom. The smallest absolute Gasteiger partial charge is 0.174 e. The Morgan fingerprint density at radius 2 is 2.12 bits per heavy atom. The van der Waals surface area contributed by atoms with Gasteiger partial charge < -0.3 is 0 Å². The molecule has 1 aromatic heterocycles. The molecule has 3 rings (SSSR count). The molecule has 1 aromatic carbocycles. The number of nitrogens with zero attached hydrogens (tertiary/aromatic N) is 2. The van der Waals surface area contributed by atoms with Crippen molar-refractivity contribution in [2.45, 2.75) is 28.0 Å². The molecule has 2 nitrogen and oxygen atoms in total. The van der Waals surface area contributed by atoms with Gasteiger partial charge in [0.2, 0.25) is 0 Å². The molecule has 82 valence electrons. The molecular formula is C11H9BrN2S2. The van der Waals surface area contributed by atoms with Crippen LogP contribution in [0.3, 0.4) is 0 Å². The molecule has 5 heteroatoms. The second-order valence-electron chi connectivity index (χ2n) is 3.73. The number of halogens is 1. The molecule has 1 aliphatic rings. The largest absolute Gasteiger partial charge is 0.212 e. The van der Waals surface area contributed by atoms with Crippen LogP contribution in [0.2, 0.25) is 0 Å². The molecule has 1 fully saturated rings. The predicted molar refractivity (Wildman–Crippen MR) is 70.1 cm³/mol. The maximum atomic E-state index is 4.56. The highest BCUT2D eigenvalue weighted by Crippen LogP contribution is 2.41. The molecule has 1 saturated carbocycles. The highest BCUT2D eigenvalue weighted by Gasteiger charge is 2.27. The van der Waals surface area contributed by atoms with Crippen molar-refractivity contribution in [1.82, 2.24) is 9.36 Å². The Hall–Kier alpha value is -0.390. The molecule has 0 saturated heterocycles. The van der Waals surface area contributed by atoms with Gasteiger partial charge in [-0.1, -0.05) is 23.9 Å². The summed E-state index contributed by atoms with van der Waals surface area (Å²) in [4.78, 5) is 5.75. The van der Waals surface area contributed by atoms with Crippen LogP contribution in [-0.2, 0) is 0 Å². The maximum Gasteiger partial charge on any atom is 0.174 e. The molecular weight excluding hydrogens is 304 g/mol. The van der Waals surface area contributed by atoms with Gasteiger partial charge in [-0.25, -0.2) is 4.98 Å². The van der Waals surface area contributed by atoms with Crippen molar-refractivity contribution in [3.63, 3.8) is 0 Å². The third-order valence-corrected chi connectivity index (χ3v) is 5.19. The summed E-state index contributed by atoms with van der Waals surface area (Å²) in [6.45, 7) is 0. The molecule has 0 spiro atoms. The van der Waals surface area contributed by atoms with Gasteiger partial charge in [-0.15, -0.1) is 0 Å². The monoisotopic (exact) mass is 312 g/mol. The highest BCUT2D eigenvalue weighted by atomic mass is 79.9. The topological polar surface area (TPSA) is 25.8 Å². The third kappa shape index (κ3) is 2.31. The van der Waals surface area contributed by atoms with Crippen molar-refractivity contribution in [2.24, 2.45) is 0 Å². The van der Waals surface area contributed by atoms with E-state index in [-0.39, 0.29) is 0 Å². The third-order valence-electron chi connectivity index (χ3n) is 2.40. The summed E-state index contributed by atoms with van der Waals surface area (Å²) in [5.74, 6) is 1.68. The maximum absolute atomic E-state index is 4.56. The van der Waals surface area contributed by atoms with Gasteiger partial charge in [0.1, 0.15) is 5.82 Å². The number of hydrogen-bond acceptors (Lipinski definition) is 4. The molecule has 1 aliphatic carbocycles. The Bertz CT molecular complexity index is 508. The van der Waals surface area contributed by atoms with Crippen molar-refractivity contribution in [2.75, 3.05) is 0 Å².